The molecular formula is C9H7BrF4O3S. The lowest BCUT2D eigenvalue weighted by molar-refractivity contribution is -0.137. The minimum absolute atomic E-state index is 0.243. The molecule has 0 saturated heterocycles. The Labute approximate surface area is 109 Å². The number of rotatable bonds is 3. The molecule has 0 spiro atoms. The summed E-state index contributed by atoms with van der Waals surface area (Å²) in [7, 11) is -3.82. The van der Waals surface area contributed by atoms with E-state index in [4.69, 9.17) is 0 Å². The number of hydrogen-bond donors (Lipinski definition) is 0. The van der Waals surface area contributed by atoms with Crippen LogP contribution in [0.4, 0.5) is 17.6 Å². The van der Waals surface area contributed by atoms with Crippen molar-refractivity contribution in [2.45, 2.75) is 12.8 Å². The molecule has 0 bridgehead atoms. The van der Waals surface area contributed by atoms with Gasteiger partial charge < -0.3 is 0 Å². The Balaban J connectivity index is 3.15. The summed E-state index contributed by atoms with van der Waals surface area (Å²) in [6.07, 6.45) is -3.98. The normalized spacial score (nSPS) is 12.8. The van der Waals surface area contributed by atoms with Crippen molar-refractivity contribution in [1.82, 2.24) is 0 Å². The second-order valence-corrected chi connectivity index (χ2v) is 5.83. The van der Waals surface area contributed by atoms with Crippen molar-refractivity contribution in [2.75, 3.05) is 6.26 Å². The van der Waals surface area contributed by atoms with Gasteiger partial charge in [0.15, 0.2) is 0 Å². The van der Waals surface area contributed by atoms with Crippen LogP contribution in [-0.4, -0.2) is 14.7 Å². The molecule has 0 heterocycles. The maximum atomic E-state index is 13.2. The minimum Gasteiger partial charge on any atom is -0.265 e. The predicted molar refractivity (Wildman–Crippen MR) is 58.7 cm³/mol. The van der Waals surface area contributed by atoms with E-state index < -0.39 is 34.3 Å². The van der Waals surface area contributed by atoms with Crippen molar-refractivity contribution in [2.24, 2.45) is 0 Å². The van der Waals surface area contributed by atoms with Gasteiger partial charge in [-0.1, -0.05) is 0 Å². The molecule has 1 rings (SSSR count). The van der Waals surface area contributed by atoms with Crippen LogP contribution in [0, 0.1) is 5.82 Å². The largest absolute Gasteiger partial charge is 0.416 e. The number of alkyl halides is 3. The average molecular weight is 351 g/mol. The number of hydrogen-bond acceptors (Lipinski definition) is 3. The highest BCUT2D eigenvalue weighted by Crippen LogP contribution is 2.33. The summed E-state index contributed by atoms with van der Waals surface area (Å²) in [6, 6.07) is 0.937. The van der Waals surface area contributed by atoms with Gasteiger partial charge in [-0.3, -0.25) is 4.18 Å². The van der Waals surface area contributed by atoms with E-state index in [1.165, 1.54) is 0 Å². The van der Waals surface area contributed by atoms with Gasteiger partial charge in [-0.25, -0.2) is 4.39 Å². The third kappa shape index (κ3) is 4.21. The SMILES string of the molecule is CS(=O)(=O)OCc1cc(C(F)(F)F)cc(F)c1Br. The molecule has 1 aromatic rings. The lowest BCUT2D eigenvalue weighted by atomic mass is 10.1. The van der Waals surface area contributed by atoms with E-state index in [9.17, 15) is 26.0 Å². The van der Waals surface area contributed by atoms with Gasteiger partial charge in [0.1, 0.15) is 5.82 Å². The van der Waals surface area contributed by atoms with Crippen LogP contribution in [0.3, 0.4) is 0 Å². The Morgan fingerprint density at radius 3 is 2.33 bits per heavy atom. The first-order valence-corrected chi connectivity index (χ1v) is 7.01. The molecule has 0 aliphatic carbocycles. The van der Waals surface area contributed by atoms with Gasteiger partial charge in [0.05, 0.1) is 22.9 Å². The summed E-state index contributed by atoms with van der Waals surface area (Å²) in [5.41, 5.74) is -1.46. The molecule has 0 saturated carbocycles. The maximum absolute atomic E-state index is 13.2. The van der Waals surface area contributed by atoms with E-state index in [2.05, 4.69) is 20.1 Å². The van der Waals surface area contributed by atoms with Gasteiger partial charge >= 0.3 is 6.18 Å². The first kappa shape index (κ1) is 15.4. The van der Waals surface area contributed by atoms with Crippen LogP contribution >= 0.6 is 15.9 Å². The molecule has 0 aromatic heterocycles. The van der Waals surface area contributed by atoms with Crippen LogP contribution < -0.4 is 0 Å². The Morgan fingerprint density at radius 1 is 1.33 bits per heavy atom. The minimum atomic E-state index is -4.72. The zero-order chi connectivity index (χ0) is 14.1. The van der Waals surface area contributed by atoms with Crippen molar-refractivity contribution in [3.8, 4) is 0 Å². The predicted octanol–water partition coefficient (Wildman–Crippen LogP) is 3.08. The Kier molecular flexibility index (Phi) is 4.39. The quantitative estimate of drug-likeness (QED) is 0.621. The van der Waals surface area contributed by atoms with Gasteiger partial charge in [-0.2, -0.15) is 21.6 Å². The molecule has 0 unspecified atom stereocenters. The Hall–Kier alpha value is -0.670. The second kappa shape index (κ2) is 5.14. The lowest BCUT2D eigenvalue weighted by Crippen LogP contribution is -2.09. The fourth-order valence-electron chi connectivity index (χ4n) is 1.09. The highest BCUT2D eigenvalue weighted by Gasteiger charge is 2.32. The highest BCUT2D eigenvalue weighted by molar-refractivity contribution is 9.10. The van der Waals surface area contributed by atoms with Gasteiger partial charge in [0, 0.05) is 0 Å². The molecule has 0 radical (unpaired) electrons. The van der Waals surface area contributed by atoms with Crippen LogP contribution in [0.25, 0.3) is 0 Å². The average Bonchev–Trinajstić information content (AvgIpc) is 2.17. The topological polar surface area (TPSA) is 43.4 Å². The first-order chi connectivity index (χ1) is 8.00. The third-order valence-electron chi connectivity index (χ3n) is 1.86. The Morgan fingerprint density at radius 2 is 1.89 bits per heavy atom. The van der Waals surface area contributed by atoms with Crippen molar-refractivity contribution < 1.29 is 30.2 Å². The monoisotopic (exact) mass is 350 g/mol. The lowest BCUT2D eigenvalue weighted by Gasteiger charge is -2.11. The van der Waals surface area contributed by atoms with Gasteiger partial charge in [0.2, 0.25) is 0 Å². The molecule has 0 aliphatic heterocycles. The zero-order valence-electron chi connectivity index (χ0n) is 8.88. The molecule has 3 nitrogen and oxygen atoms in total. The van der Waals surface area contributed by atoms with Crippen LogP contribution in [-0.2, 0) is 27.1 Å². The van der Waals surface area contributed by atoms with E-state index in [1.807, 2.05) is 0 Å². The van der Waals surface area contributed by atoms with E-state index in [-0.39, 0.29) is 10.0 Å². The van der Waals surface area contributed by atoms with E-state index >= 15 is 0 Å². The summed E-state index contributed by atoms with van der Waals surface area (Å²) < 4.78 is 76.0. The molecule has 102 valence electrons. The number of benzene rings is 1. The van der Waals surface area contributed by atoms with Crippen molar-refractivity contribution in [3.05, 3.63) is 33.5 Å². The standard InChI is InChI=1S/C9H7BrF4O3S/c1-18(15,16)17-4-5-2-6(9(12,13)14)3-7(11)8(5)10/h2-3H,4H2,1H3. The fraction of sp³-hybridized carbons (Fsp3) is 0.333. The third-order valence-corrected chi connectivity index (χ3v) is 3.29. The van der Waals surface area contributed by atoms with Gasteiger partial charge in [-0.05, 0) is 33.6 Å². The van der Waals surface area contributed by atoms with Crippen molar-refractivity contribution in [1.29, 1.82) is 0 Å². The summed E-state index contributed by atoms with van der Waals surface area (Å²) in [5.74, 6) is -1.14. The highest BCUT2D eigenvalue weighted by atomic mass is 79.9. The smallest absolute Gasteiger partial charge is 0.265 e. The summed E-state index contributed by atoms with van der Waals surface area (Å²) in [5, 5.41) is 0. The molecule has 0 aliphatic rings. The maximum Gasteiger partial charge on any atom is 0.416 e. The molecule has 0 fully saturated rings. The summed E-state index contributed by atoms with van der Waals surface area (Å²) in [4.78, 5) is 0. The summed E-state index contributed by atoms with van der Waals surface area (Å²) >= 11 is 2.73. The second-order valence-electron chi connectivity index (χ2n) is 3.40. The molecule has 0 atom stereocenters. The molecule has 0 N–H and O–H groups in total. The van der Waals surface area contributed by atoms with Gasteiger partial charge in [-0.15, -0.1) is 0 Å². The number of halogens is 5. The molecule has 1 aromatic carbocycles. The van der Waals surface area contributed by atoms with Crippen LogP contribution in [0.2, 0.25) is 0 Å². The van der Waals surface area contributed by atoms with Crippen LogP contribution in [0.15, 0.2) is 16.6 Å². The van der Waals surface area contributed by atoms with Crippen molar-refractivity contribution >= 4 is 26.0 Å². The van der Waals surface area contributed by atoms with E-state index in [1.54, 1.807) is 0 Å². The Bertz CT molecular complexity index is 554. The zero-order valence-corrected chi connectivity index (χ0v) is 11.3. The molecule has 18 heavy (non-hydrogen) atoms. The summed E-state index contributed by atoms with van der Waals surface area (Å²) in [6.45, 7) is -0.680. The van der Waals surface area contributed by atoms with Crippen LogP contribution in [0.1, 0.15) is 11.1 Å². The first-order valence-electron chi connectivity index (χ1n) is 4.40. The molecular weight excluding hydrogens is 344 g/mol. The fourth-order valence-corrected chi connectivity index (χ4v) is 1.77. The van der Waals surface area contributed by atoms with Crippen LogP contribution in [0.5, 0.6) is 0 Å². The van der Waals surface area contributed by atoms with Crippen molar-refractivity contribution in [3.63, 3.8) is 0 Å². The molecule has 0 amide bonds. The molecule has 9 heteroatoms. The van der Waals surface area contributed by atoms with E-state index in [0.717, 1.165) is 6.26 Å². The van der Waals surface area contributed by atoms with E-state index in [0.29, 0.717) is 12.1 Å². The van der Waals surface area contributed by atoms with Gasteiger partial charge in [0.25, 0.3) is 10.1 Å².